The number of urea groups is 1. The highest BCUT2D eigenvalue weighted by atomic mass is 35.5. The Bertz CT molecular complexity index is 496. The highest BCUT2D eigenvalue weighted by Crippen LogP contribution is 2.28. The van der Waals surface area contributed by atoms with Gasteiger partial charge in [0, 0.05) is 25.8 Å². The number of carbonyl (C=O) groups is 2. The second kappa shape index (κ2) is 9.17. The van der Waals surface area contributed by atoms with Crippen molar-refractivity contribution in [3.63, 3.8) is 0 Å². The molecule has 0 unspecified atom stereocenters. The van der Waals surface area contributed by atoms with Gasteiger partial charge in [0.05, 0.1) is 11.6 Å². The molecule has 4 N–H and O–H groups in total. The third-order valence-electron chi connectivity index (χ3n) is 2.46. The van der Waals surface area contributed by atoms with E-state index in [-0.39, 0.29) is 6.61 Å². The molecule has 0 aromatic heterocycles. The van der Waals surface area contributed by atoms with Gasteiger partial charge in [-0.1, -0.05) is 23.7 Å². The summed E-state index contributed by atoms with van der Waals surface area (Å²) in [6.45, 7) is 1.41. The monoisotopic (exact) mass is 315 g/mol. The molecule has 0 aliphatic carbocycles. The van der Waals surface area contributed by atoms with E-state index in [1.165, 1.54) is 0 Å². The fourth-order valence-electron chi connectivity index (χ4n) is 1.56. The fraction of sp³-hybridized carbons (Fsp3) is 0.385. The molecule has 0 fully saturated rings. The highest BCUT2D eigenvalue weighted by molar-refractivity contribution is 6.32. The van der Waals surface area contributed by atoms with E-state index < -0.39 is 11.9 Å². The lowest BCUT2D eigenvalue weighted by atomic mass is 10.2. The van der Waals surface area contributed by atoms with Crippen LogP contribution in [0, 0.1) is 0 Å². The van der Waals surface area contributed by atoms with E-state index in [0.717, 1.165) is 5.56 Å². The molecule has 0 saturated carbocycles. The van der Waals surface area contributed by atoms with Gasteiger partial charge < -0.3 is 20.5 Å². The molecule has 21 heavy (non-hydrogen) atoms. The maximum atomic E-state index is 11.3. The van der Waals surface area contributed by atoms with Crippen molar-refractivity contribution in [3.05, 3.63) is 28.8 Å². The lowest BCUT2D eigenvalue weighted by Crippen LogP contribution is -2.38. The van der Waals surface area contributed by atoms with Crippen LogP contribution in [0.15, 0.2) is 18.2 Å². The number of primary amides is 1. The number of benzene rings is 1. The van der Waals surface area contributed by atoms with Gasteiger partial charge in [0.15, 0.2) is 6.61 Å². The normalized spacial score (nSPS) is 10.2. The van der Waals surface area contributed by atoms with Gasteiger partial charge in [0.2, 0.25) is 0 Å². The minimum Gasteiger partial charge on any atom is -0.482 e. The van der Waals surface area contributed by atoms with Crippen LogP contribution in [0.5, 0.6) is 5.75 Å². The van der Waals surface area contributed by atoms with Crippen LogP contribution in [0.3, 0.4) is 0 Å². The number of carbonyl (C=O) groups excluding carboxylic acids is 2. The first-order valence-corrected chi connectivity index (χ1v) is 6.61. The summed E-state index contributed by atoms with van der Waals surface area (Å²) in [6.07, 6.45) is 0. The number of amides is 3. The topological polar surface area (TPSA) is 103 Å². The summed E-state index contributed by atoms with van der Waals surface area (Å²) < 4.78 is 10.3. The van der Waals surface area contributed by atoms with E-state index in [9.17, 15) is 9.59 Å². The minimum absolute atomic E-state index is 0.349. The summed E-state index contributed by atoms with van der Waals surface area (Å²) >= 11 is 6.06. The number of imide groups is 1. The first-order valence-electron chi connectivity index (χ1n) is 6.23. The molecule has 0 bridgehead atoms. The average molecular weight is 316 g/mol. The number of nitrogens with one attached hydrogen (secondary N) is 2. The van der Waals surface area contributed by atoms with Crippen LogP contribution in [0.2, 0.25) is 5.02 Å². The summed E-state index contributed by atoms with van der Waals surface area (Å²) in [5, 5.41) is 5.45. The Morgan fingerprint density at radius 2 is 2.14 bits per heavy atom. The predicted octanol–water partition coefficient (Wildman–Crippen LogP) is 0.650. The average Bonchev–Trinajstić information content (AvgIpc) is 2.42. The van der Waals surface area contributed by atoms with E-state index in [2.05, 4.69) is 5.32 Å². The highest BCUT2D eigenvalue weighted by Gasteiger charge is 2.11. The van der Waals surface area contributed by atoms with E-state index >= 15 is 0 Å². The molecule has 0 aliphatic heterocycles. The second-order valence-electron chi connectivity index (χ2n) is 4.10. The number of nitrogens with two attached hydrogens (primary N) is 1. The number of methoxy groups -OCH3 is 1. The van der Waals surface area contributed by atoms with Crippen LogP contribution in [-0.2, 0) is 16.1 Å². The summed E-state index contributed by atoms with van der Waals surface area (Å²) in [7, 11) is 1.62. The number of rotatable bonds is 8. The number of hydrogen-bond acceptors (Lipinski definition) is 5. The zero-order chi connectivity index (χ0) is 15.7. The van der Waals surface area contributed by atoms with Crippen molar-refractivity contribution in [2.45, 2.75) is 6.54 Å². The molecule has 7 nitrogen and oxygen atoms in total. The van der Waals surface area contributed by atoms with E-state index in [4.69, 9.17) is 26.8 Å². The molecule has 0 atom stereocenters. The van der Waals surface area contributed by atoms with Crippen LogP contribution in [0.4, 0.5) is 4.79 Å². The van der Waals surface area contributed by atoms with Crippen LogP contribution >= 0.6 is 11.6 Å². The van der Waals surface area contributed by atoms with Gasteiger partial charge in [0.1, 0.15) is 5.75 Å². The van der Waals surface area contributed by atoms with Gasteiger partial charge in [-0.3, -0.25) is 10.1 Å². The molecule has 8 heteroatoms. The van der Waals surface area contributed by atoms with E-state index in [1.54, 1.807) is 19.2 Å². The molecule has 0 saturated heterocycles. The molecule has 1 aromatic rings. The Kier molecular flexibility index (Phi) is 7.52. The molecule has 0 heterocycles. The van der Waals surface area contributed by atoms with Crippen molar-refractivity contribution in [3.8, 4) is 5.75 Å². The summed E-state index contributed by atoms with van der Waals surface area (Å²) in [5.41, 5.74) is 5.64. The molecule has 0 radical (unpaired) electrons. The largest absolute Gasteiger partial charge is 0.482 e. The van der Waals surface area contributed by atoms with Gasteiger partial charge in [-0.25, -0.2) is 4.79 Å². The summed E-state index contributed by atoms with van der Waals surface area (Å²) in [6, 6.07) is 4.34. The first-order chi connectivity index (χ1) is 10.0. The molecule has 116 valence electrons. The number of halogens is 1. The predicted molar refractivity (Wildman–Crippen MR) is 78.3 cm³/mol. The SMILES string of the molecule is COCCNCc1cccc(Cl)c1OCC(=O)NC(N)=O. The van der Waals surface area contributed by atoms with Crippen molar-refractivity contribution in [1.29, 1.82) is 0 Å². The zero-order valence-corrected chi connectivity index (χ0v) is 12.4. The molecule has 1 aromatic carbocycles. The van der Waals surface area contributed by atoms with Gasteiger partial charge in [0.25, 0.3) is 5.91 Å². The molecule has 1 rings (SSSR count). The number of ether oxygens (including phenoxy) is 2. The third-order valence-corrected chi connectivity index (χ3v) is 2.75. The molecular weight excluding hydrogens is 298 g/mol. The second-order valence-corrected chi connectivity index (χ2v) is 4.51. The lowest BCUT2D eigenvalue weighted by molar-refractivity contribution is -0.121. The Hall–Kier alpha value is -1.83. The standard InChI is InChI=1S/C13H18ClN3O4/c1-20-6-5-16-7-9-3-2-4-10(14)12(9)21-8-11(18)17-13(15)19/h2-4,16H,5-8H2,1H3,(H3,15,17,18,19). The van der Waals surface area contributed by atoms with Crippen LogP contribution in [0.1, 0.15) is 5.56 Å². The van der Waals surface area contributed by atoms with Crippen molar-refractivity contribution in [2.24, 2.45) is 5.73 Å². The van der Waals surface area contributed by atoms with Gasteiger partial charge >= 0.3 is 6.03 Å². The minimum atomic E-state index is -0.927. The molecular formula is C13H18ClN3O4. The van der Waals surface area contributed by atoms with Gasteiger partial charge in [-0.05, 0) is 6.07 Å². The smallest absolute Gasteiger partial charge is 0.318 e. The van der Waals surface area contributed by atoms with E-state index in [0.29, 0.717) is 30.5 Å². The van der Waals surface area contributed by atoms with Crippen LogP contribution in [0.25, 0.3) is 0 Å². The first kappa shape index (κ1) is 17.2. The van der Waals surface area contributed by atoms with Crippen LogP contribution < -0.4 is 21.1 Å². The Balaban J connectivity index is 2.62. The third kappa shape index (κ3) is 6.44. The Morgan fingerprint density at radius 3 is 2.81 bits per heavy atom. The quantitative estimate of drug-likeness (QED) is 0.611. The Labute approximate surface area is 127 Å². The Morgan fingerprint density at radius 1 is 1.38 bits per heavy atom. The van der Waals surface area contributed by atoms with Crippen molar-refractivity contribution < 1.29 is 19.1 Å². The molecule has 0 spiro atoms. The number of para-hydroxylation sites is 1. The maximum absolute atomic E-state index is 11.3. The molecule has 0 aliphatic rings. The van der Waals surface area contributed by atoms with E-state index in [1.807, 2.05) is 11.4 Å². The van der Waals surface area contributed by atoms with Crippen LogP contribution in [-0.4, -0.2) is 38.8 Å². The fourth-order valence-corrected chi connectivity index (χ4v) is 1.81. The maximum Gasteiger partial charge on any atom is 0.318 e. The van der Waals surface area contributed by atoms with Crippen molar-refractivity contribution in [2.75, 3.05) is 26.9 Å². The summed E-state index contributed by atoms with van der Waals surface area (Å²) in [5.74, 6) is -0.246. The lowest BCUT2D eigenvalue weighted by Gasteiger charge is -2.13. The van der Waals surface area contributed by atoms with Crippen molar-refractivity contribution in [1.82, 2.24) is 10.6 Å². The van der Waals surface area contributed by atoms with Gasteiger partial charge in [-0.15, -0.1) is 0 Å². The zero-order valence-electron chi connectivity index (χ0n) is 11.6. The molecule has 3 amide bonds. The van der Waals surface area contributed by atoms with Crippen molar-refractivity contribution >= 4 is 23.5 Å². The van der Waals surface area contributed by atoms with Gasteiger partial charge in [-0.2, -0.15) is 0 Å². The number of hydrogen-bond donors (Lipinski definition) is 3. The summed E-state index contributed by atoms with van der Waals surface area (Å²) in [4.78, 5) is 21.9.